The van der Waals surface area contributed by atoms with Crippen LogP contribution in [0.3, 0.4) is 0 Å². The number of hydrogen-bond donors (Lipinski definition) is 2. The van der Waals surface area contributed by atoms with E-state index in [1.807, 2.05) is 44.2 Å². The highest BCUT2D eigenvalue weighted by Crippen LogP contribution is 2.20. The Hall–Kier alpha value is -2.63. The second-order valence-electron chi connectivity index (χ2n) is 6.80. The van der Waals surface area contributed by atoms with E-state index in [4.69, 9.17) is 0 Å². The molecule has 2 N–H and O–H groups in total. The zero-order valence-electron chi connectivity index (χ0n) is 15.6. The number of anilines is 2. The minimum Gasteiger partial charge on any atom is -0.368 e. The number of aryl methyl sites for hydroxylation is 2. The second kappa shape index (κ2) is 8.65. The predicted octanol–water partition coefficient (Wildman–Crippen LogP) is 2.46. The first-order valence-electron chi connectivity index (χ1n) is 9.27. The van der Waals surface area contributed by atoms with Crippen LogP contribution in [0.4, 0.5) is 11.6 Å². The highest BCUT2D eigenvalue weighted by Gasteiger charge is 2.15. The van der Waals surface area contributed by atoms with Gasteiger partial charge in [-0.1, -0.05) is 29.8 Å². The molecular weight excluding hydrogens is 326 g/mol. The highest BCUT2D eigenvalue weighted by atomic mass is 16.1. The molecule has 0 aliphatic carbocycles. The third-order valence-corrected chi connectivity index (χ3v) is 4.45. The first-order valence-corrected chi connectivity index (χ1v) is 9.27. The van der Waals surface area contributed by atoms with Crippen LogP contribution in [0.15, 0.2) is 30.3 Å². The molecule has 1 aliphatic heterocycles. The van der Waals surface area contributed by atoms with Crippen LogP contribution in [0.2, 0.25) is 0 Å². The molecule has 3 rings (SSSR count). The minimum atomic E-state index is 0.0361. The van der Waals surface area contributed by atoms with Gasteiger partial charge in [-0.3, -0.25) is 4.79 Å². The average Bonchev–Trinajstić information content (AvgIpc) is 3.13. The van der Waals surface area contributed by atoms with Crippen molar-refractivity contribution in [2.75, 3.05) is 36.4 Å². The zero-order chi connectivity index (χ0) is 18.4. The van der Waals surface area contributed by atoms with Gasteiger partial charge in [-0.2, -0.15) is 0 Å². The van der Waals surface area contributed by atoms with Crippen molar-refractivity contribution in [3.05, 3.63) is 47.3 Å². The van der Waals surface area contributed by atoms with E-state index in [1.165, 1.54) is 18.4 Å². The van der Waals surface area contributed by atoms with Crippen LogP contribution < -0.4 is 15.5 Å². The van der Waals surface area contributed by atoms with Crippen molar-refractivity contribution in [1.29, 1.82) is 0 Å². The molecule has 0 saturated carbocycles. The number of rotatable bonds is 7. The van der Waals surface area contributed by atoms with Crippen LogP contribution in [0, 0.1) is 13.8 Å². The van der Waals surface area contributed by atoms with Crippen LogP contribution in [0.5, 0.6) is 0 Å². The molecule has 1 fully saturated rings. The molecule has 1 aromatic heterocycles. The molecule has 26 heavy (non-hydrogen) atoms. The number of hydrogen-bond acceptors (Lipinski definition) is 5. The fourth-order valence-corrected chi connectivity index (χ4v) is 3.21. The number of nitrogens with zero attached hydrogens (tertiary/aromatic N) is 3. The lowest BCUT2D eigenvalue weighted by Crippen LogP contribution is -2.30. The summed E-state index contributed by atoms with van der Waals surface area (Å²) in [4.78, 5) is 23.3. The van der Waals surface area contributed by atoms with Crippen LogP contribution >= 0.6 is 0 Å². The van der Waals surface area contributed by atoms with Crippen molar-refractivity contribution in [3.63, 3.8) is 0 Å². The van der Waals surface area contributed by atoms with Crippen molar-refractivity contribution >= 4 is 17.5 Å². The quantitative estimate of drug-likeness (QED) is 0.749. The third-order valence-electron chi connectivity index (χ3n) is 4.45. The monoisotopic (exact) mass is 353 g/mol. The Balaban J connectivity index is 1.45. The van der Waals surface area contributed by atoms with Crippen molar-refractivity contribution in [2.45, 2.75) is 33.1 Å². The molecule has 0 bridgehead atoms. The van der Waals surface area contributed by atoms with E-state index in [0.717, 1.165) is 36.1 Å². The number of nitrogens with one attached hydrogen (secondary N) is 2. The summed E-state index contributed by atoms with van der Waals surface area (Å²) in [6, 6.07) is 10.0. The van der Waals surface area contributed by atoms with Gasteiger partial charge in [-0.25, -0.2) is 9.97 Å². The zero-order valence-corrected chi connectivity index (χ0v) is 15.6. The Kier molecular flexibility index (Phi) is 6.04. The fraction of sp³-hybridized carbons (Fsp3) is 0.450. The Morgan fingerprint density at radius 1 is 1.12 bits per heavy atom. The molecular formula is C20H27N5O. The van der Waals surface area contributed by atoms with E-state index in [9.17, 15) is 4.79 Å². The smallest absolute Gasteiger partial charge is 0.224 e. The number of carbonyl (C=O) groups excluding carboxylic acids is 1. The van der Waals surface area contributed by atoms with E-state index in [1.54, 1.807) is 0 Å². The van der Waals surface area contributed by atoms with E-state index in [2.05, 4.69) is 25.5 Å². The Labute approximate surface area is 155 Å². The molecule has 6 heteroatoms. The standard InChI is InChI=1S/C20H27N5O/c1-15-6-5-7-17(12-15)13-20(26)22-9-8-21-18-14-19(24-16(2)23-18)25-10-3-4-11-25/h5-7,12,14H,3-4,8-11,13H2,1-2H3,(H,22,26)(H,21,23,24). The van der Waals surface area contributed by atoms with Crippen molar-refractivity contribution in [3.8, 4) is 0 Å². The van der Waals surface area contributed by atoms with E-state index in [-0.39, 0.29) is 5.91 Å². The maximum Gasteiger partial charge on any atom is 0.224 e. The molecule has 0 radical (unpaired) electrons. The van der Waals surface area contributed by atoms with Crippen molar-refractivity contribution in [1.82, 2.24) is 15.3 Å². The molecule has 6 nitrogen and oxygen atoms in total. The van der Waals surface area contributed by atoms with Gasteiger partial charge in [0.1, 0.15) is 17.5 Å². The first kappa shape index (κ1) is 18.2. The largest absolute Gasteiger partial charge is 0.368 e. The molecule has 2 aromatic rings. The lowest BCUT2D eigenvalue weighted by Gasteiger charge is -2.17. The maximum atomic E-state index is 12.0. The van der Waals surface area contributed by atoms with Crippen LogP contribution in [-0.2, 0) is 11.2 Å². The van der Waals surface area contributed by atoms with E-state index < -0.39 is 0 Å². The summed E-state index contributed by atoms with van der Waals surface area (Å²) in [6.07, 6.45) is 2.85. The first-order chi connectivity index (χ1) is 12.6. The van der Waals surface area contributed by atoms with Crippen LogP contribution in [0.25, 0.3) is 0 Å². The predicted molar refractivity (Wildman–Crippen MR) is 105 cm³/mol. The summed E-state index contributed by atoms with van der Waals surface area (Å²) in [5, 5.41) is 6.24. The van der Waals surface area contributed by atoms with Gasteiger partial charge < -0.3 is 15.5 Å². The SMILES string of the molecule is Cc1cccc(CC(=O)NCCNc2cc(N3CCCC3)nc(C)n2)c1. The minimum absolute atomic E-state index is 0.0361. The summed E-state index contributed by atoms with van der Waals surface area (Å²) in [5.74, 6) is 2.60. The van der Waals surface area contributed by atoms with Gasteiger partial charge in [-0.05, 0) is 32.3 Å². The molecule has 138 valence electrons. The van der Waals surface area contributed by atoms with Gasteiger partial charge in [0.25, 0.3) is 0 Å². The Morgan fingerprint density at radius 3 is 2.69 bits per heavy atom. The molecule has 0 spiro atoms. The van der Waals surface area contributed by atoms with Gasteiger partial charge in [0.15, 0.2) is 0 Å². The number of aromatic nitrogens is 2. The summed E-state index contributed by atoms with van der Waals surface area (Å²) in [5.41, 5.74) is 2.21. The molecule has 1 aliphatic rings. The fourth-order valence-electron chi connectivity index (χ4n) is 3.21. The molecule has 1 saturated heterocycles. The highest BCUT2D eigenvalue weighted by molar-refractivity contribution is 5.78. The molecule has 1 aromatic carbocycles. The molecule has 0 atom stereocenters. The maximum absolute atomic E-state index is 12.0. The van der Waals surface area contributed by atoms with E-state index in [0.29, 0.717) is 19.5 Å². The van der Waals surface area contributed by atoms with Gasteiger partial charge >= 0.3 is 0 Å². The van der Waals surface area contributed by atoms with Gasteiger partial charge in [0.05, 0.1) is 6.42 Å². The summed E-state index contributed by atoms with van der Waals surface area (Å²) < 4.78 is 0. The molecule has 2 heterocycles. The Morgan fingerprint density at radius 2 is 1.92 bits per heavy atom. The van der Waals surface area contributed by atoms with Crippen LogP contribution in [0.1, 0.15) is 29.8 Å². The summed E-state index contributed by atoms with van der Waals surface area (Å²) in [7, 11) is 0. The molecule has 1 amide bonds. The lowest BCUT2D eigenvalue weighted by atomic mass is 10.1. The van der Waals surface area contributed by atoms with Gasteiger partial charge in [0, 0.05) is 32.2 Å². The summed E-state index contributed by atoms with van der Waals surface area (Å²) >= 11 is 0. The lowest BCUT2D eigenvalue weighted by molar-refractivity contribution is -0.120. The number of benzene rings is 1. The van der Waals surface area contributed by atoms with Crippen molar-refractivity contribution in [2.24, 2.45) is 0 Å². The van der Waals surface area contributed by atoms with Crippen LogP contribution in [-0.4, -0.2) is 42.1 Å². The molecule has 0 unspecified atom stereocenters. The number of carbonyl (C=O) groups is 1. The average molecular weight is 353 g/mol. The second-order valence-corrected chi connectivity index (χ2v) is 6.80. The van der Waals surface area contributed by atoms with Gasteiger partial charge in [-0.15, -0.1) is 0 Å². The topological polar surface area (TPSA) is 70.2 Å². The normalized spacial score (nSPS) is 13.7. The summed E-state index contributed by atoms with van der Waals surface area (Å²) in [6.45, 7) is 7.26. The Bertz CT molecular complexity index is 756. The van der Waals surface area contributed by atoms with Crippen molar-refractivity contribution < 1.29 is 4.79 Å². The van der Waals surface area contributed by atoms with E-state index >= 15 is 0 Å². The number of amides is 1. The third kappa shape index (κ3) is 5.18. The van der Waals surface area contributed by atoms with Gasteiger partial charge in [0.2, 0.25) is 5.91 Å².